The molecule has 0 bridgehead atoms. The summed E-state index contributed by atoms with van der Waals surface area (Å²) in [7, 11) is 1.64. The Hall–Kier alpha value is -2.93. The summed E-state index contributed by atoms with van der Waals surface area (Å²) in [5.41, 5.74) is 2.69. The van der Waals surface area contributed by atoms with Gasteiger partial charge in [-0.25, -0.2) is 4.98 Å². The highest BCUT2D eigenvalue weighted by atomic mass is 32.1. The van der Waals surface area contributed by atoms with E-state index in [0.717, 1.165) is 42.0 Å². The molecule has 0 atom stereocenters. The molecule has 1 N–H and O–H groups in total. The summed E-state index contributed by atoms with van der Waals surface area (Å²) < 4.78 is 5.17. The van der Waals surface area contributed by atoms with Gasteiger partial charge in [-0.15, -0.1) is 0 Å². The maximum atomic E-state index is 12.6. The number of hydrogen-bond donors (Lipinski definition) is 1. The summed E-state index contributed by atoms with van der Waals surface area (Å²) in [6, 6.07) is 11.4. The van der Waals surface area contributed by atoms with E-state index in [1.54, 1.807) is 24.5 Å². The van der Waals surface area contributed by atoms with Crippen molar-refractivity contribution in [3.8, 4) is 17.0 Å². The van der Waals surface area contributed by atoms with E-state index < -0.39 is 0 Å². The molecule has 30 heavy (non-hydrogen) atoms. The average molecular weight is 424 g/mol. The number of likely N-dealkylation sites (tertiary alicyclic amines) is 1. The molecular weight excluding hydrogens is 398 g/mol. The van der Waals surface area contributed by atoms with Crippen molar-refractivity contribution in [1.82, 2.24) is 14.9 Å². The Morgan fingerprint density at radius 2 is 2.00 bits per heavy atom. The van der Waals surface area contributed by atoms with Crippen LogP contribution in [0.1, 0.15) is 36.6 Å². The third-order valence-electron chi connectivity index (χ3n) is 5.60. The number of methoxy groups -OCH3 is 1. The van der Waals surface area contributed by atoms with Crippen molar-refractivity contribution in [1.29, 1.82) is 0 Å². The highest BCUT2D eigenvalue weighted by Gasteiger charge is 2.25. The number of aromatic nitrogens is 2. The molecule has 4 rings (SSSR count). The molecule has 3 aromatic rings. The van der Waals surface area contributed by atoms with Crippen LogP contribution in [-0.4, -0.2) is 41.0 Å². The largest absolute Gasteiger partial charge is 0.497 e. The van der Waals surface area contributed by atoms with E-state index >= 15 is 0 Å². The van der Waals surface area contributed by atoms with Crippen LogP contribution < -0.4 is 10.3 Å². The fraction of sp³-hybridized carbons (Fsp3) is 0.348. The Bertz CT molecular complexity index is 1040. The molecule has 0 saturated carbocycles. The van der Waals surface area contributed by atoms with Crippen LogP contribution in [0.2, 0.25) is 0 Å². The van der Waals surface area contributed by atoms with Gasteiger partial charge in [0.05, 0.1) is 12.8 Å². The maximum Gasteiger partial charge on any atom is 0.251 e. The van der Waals surface area contributed by atoms with Gasteiger partial charge in [-0.3, -0.25) is 9.59 Å². The molecule has 1 saturated heterocycles. The molecule has 1 aromatic carbocycles. The molecular formula is C23H25N3O3S. The number of nitrogens with one attached hydrogen (secondary N) is 1. The van der Waals surface area contributed by atoms with Gasteiger partial charge in [-0.2, -0.15) is 11.3 Å². The summed E-state index contributed by atoms with van der Waals surface area (Å²) >= 11 is 1.59. The number of benzene rings is 1. The minimum Gasteiger partial charge on any atom is -0.497 e. The Labute approximate surface area is 179 Å². The lowest BCUT2D eigenvalue weighted by atomic mass is 9.95. The van der Waals surface area contributed by atoms with Gasteiger partial charge in [0.15, 0.2) is 0 Å². The molecule has 0 radical (unpaired) electrons. The van der Waals surface area contributed by atoms with Gasteiger partial charge in [0.1, 0.15) is 11.6 Å². The highest BCUT2D eigenvalue weighted by Crippen LogP contribution is 2.27. The molecule has 6 nitrogen and oxygen atoms in total. The van der Waals surface area contributed by atoms with Crippen molar-refractivity contribution in [2.75, 3.05) is 20.2 Å². The van der Waals surface area contributed by atoms with Crippen LogP contribution in [0.25, 0.3) is 11.3 Å². The smallest absolute Gasteiger partial charge is 0.251 e. The fourth-order valence-corrected chi connectivity index (χ4v) is 4.48. The van der Waals surface area contributed by atoms with Gasteiger partial charge in [0.2, 0.25) is 5.91 Å². The summed E-state index contributed by atoms with van der Waals surface area (Å²) in [4.78, 5) is 34.3. The van der Waals surface area contributed by atoms with Gasteiger partial charge in [-0.05, 0) is 48.4 Å². The average Bonchev–Trinajstić information content (AvgIpc) is 3.33. The minimum absolute atomic E-state index is 0.126. The van der Waals surface area contributed by atoms with E-state index in [2.05, 4.69) is 4.98 Å². The normalized spacial score (nSPS) is 14.6. The second-order valence-electron chi connectivity index (χ2n) is 7.53. The number of amides is 1. The Kier molecular flexibility index (Phi) is 6.28. The van der Waals surface area contributed by atoms with Gasteiger partial charge in [-0.1, -0.05) is 12.1 Å². The van der Waals surface area contributed by atoms with E-state index in [9.17, 15) is 9.59 Å². The van der Waals surface area contributed by atoms with Crippen molar-refractivity contribution >= 4 is 17.2 Å². The van der Waals surface area contributed by atoms with Crippen LogP contribution in [-0.2, 0) is 11.2 Å². The predicted molar refractivity (Wildman–Crippen MR) is 118 cm³/mol. The van der Waals surface area contributed by atoms with Crippen LogP contribution in [0.3, 0.4) is 0 Å². The van der Waals surface area contributed by atoms with E-state index in [-0.39, 0.29) is 17.4 Å². The van der Waals surface area contributed by atoms with E-state index in [1.165, 1.54) is 0 Å². The summed E-state index contributed by atoms with van der Waals surface area (Å²) in [5.74, 6) is 1.90. The lowest BCUT2D eigenvalue weighted by Gasteiger charge is -2.31. The summed E-state index contributed by atoms with van der Waals surface area (Å²) in [6.07, 6.45) is 2.84. The quantitative estimate of drug-likeness (QED) is 0.654. The van der Waals surface area contributed by atoms with Crippen molar-refractivity contribution in [3.63, 3.8) is 0 Å². The molecule has 1 aliphatic heterocycles. The van der Waals surface area contributed by atoms with Crippen LogP contribution in [0.5, 0.6) is 5.75 Å². The highest BCUT2D eigenvalue weighted by molar-refractivity contribution is 7.08. The standard InChI is InChI=1S/C23H25N3O3S/c1-29-19-5-2-16(3-6-19)4-7-22(28)26-11-8-17(9-12-26)23-24-20(14-21(27)25-23)18-10-13-30-15-18/h2-3,5-6,10,13-15,17H,4,7-9,11-12H2,1H3,(H,24,25,27). The zero-order valence-electron chi connectivity index (χ0n) is 17.0. The second-order valence-corrected chi connectivity index (χ2v) is 8.31. The molecule has 7 heteroatoms. The molecule has 0 unspecified atom stereocenters. The number of ether oxygens (including phenoxy) is 1. The van der Waals surface area contributed by atoms with Gasteiger partial charge in [0, 0.05) is 42.4 Å². The molecule has 1 fully saturated rings. The van der Waals surface area contributed by atoms with Crippen molar-refractivity contribution < 1.29 is 9.53 Å². The van der Waals surface area contributed by atoms with E-state index in [0.29, 0.717) is 25.2 Å². The Balaban J connectivity index is 1.33. The third-order valence-corrected chi connectivity index (χ3v) is 6.28. The zero-order valence-corrected chi connectivity index (χ0v) is 17.8. The topological polar surface area (TPSA) is 75.3 Å². The second kappa shape index (κ2) is 9.26. The van der Waals surface area contributed by atoms with Crippen LogP contribution in [0.4, 0.5) is 0 Å². The Morgan fingerprint density at radius 3 is 2.67 bits per heavy atom. The molecule has 3 heterocycles. The molecule has 1 amide bonds. The first-order valence-corrected chi connectivity index (χ1v) is 11.1. The minimum atomic E-state index is -0.126. The number of carbonyl (C=O) groups excluding carboxylic acids is 1. The lowest BCUT2D eigenvalue weighted by Crippen LogP contribution is -2.38. The molecule has 0 aliphatic carbocycles. The monoisotopic (exact) mass is 423 g/mol. The van der Waals surface area contributed by atoms with Crippen LogP contribution >= 0.6 is 11.3 Å². The summed E-state index contributed by atoms with van der Waals surface area (Å²) in [6.45, 7) is 1.39. The number of rotatable bonds is 6. The number of H-pyrrole nitrogens is 1. The van der Waals surface area contributed by atoms with Gasteiger partial charge >= 0.3 is 0 Å². The number of aryl methyl sites for hydroxylation is 1. The number of thiophene rings is 1. The zero-order chi connectivity index (χ0) is 20.9. The SMILES string of the molecule is COc1ccc(CCC(=O)N2CCC(c3nc(-c4ccsc4)cc(=O)[nH]3)CC2)cc1. The molecule has 0 spiro atoms. The van der Waals surface area contributed by atoms with E-state index in [4.69, 9.17) is 9.72 Å². The van der Waals surface area contributed by atoms with Crippen molar-refractivity contribution in [2.24, 2.45) is 0 Å². The Morgan fingerprint density at radius 1 is 1.23 bits per heavy atom. The lowest BCUT2D eigenvalue weighted by molar-refractivity contribution is -0.132. The molecule has 156 valence electrons. The van der Waals surface area contributed by atoms with Crippen LogP contribution in [0, 0.1) is 0 Å². The molecule has 1 aliphatic rings. The number of hydrogen-bond acceptors (Lipinski definition) is 5. The maximum absolute atomic E-state index is 12.6. The number of aromatic amines is 1. The van der Waals surface area contributed by atoms with Crippen molar-refractivity contribution in [3.05, 3.63) is 68.9 Å². The first kappa shape index (κ1) is 20.3. The summed E-state index contributed by atoms with van der Waals surface area (Å²) in [5, 5.41) is 3.98. The number of piperidine rings is 1. The third kappa shape index (κ3) is 4.79. The van der Waals surface area contributed by atoms with Crippen LogP contribution in [0.15, 0.2) is 52.0 Å². The first-order valence-electron chi connectivity index (χ1n) is 10.2. The number of carbonyl (C=O) groups is 1. The first-order chi connectivity index (χ1) is 14.6. The fourth-order valence-electron chi connectivity index (χ4n) is 3.83. The van der Waals surface area contributed by atoms with E-state index in [1.807, 2.05) is 46.0 Å². The predicted octanol–water partition coefficient (Wildman–Crippen LogP) is 3.85. The number of nitrogens with zero attached hydrogens (tertiary/aromatic N) is 2. The van der Waals surface area contributed by atoms with Gasteiger partial charge < -0.3 is 14.6 Å². The van der Waals surface area contributed by atoms with Crippen molar-refractivity contribution in [2.45, 2.75) is 31.6 Å². The molecule has 2 aromatic heterocycles. The van der Waals surface area contributed by atoms with Gasteiger partial charge in [0.25, 0.3) is 5.56 Å².